The minimum Gasteiger partial charge on any atom is -0.465 e. The molecule has 11 heteroatoms. The molecule has 0 bridgehead atoms. The van der Waals surface area contributed by atoms with Gasteiger partial charge in [-0.25, -0.2) is 4.79 Å². The molecule has 0 spiro atoms. The number of fused-ring (bicyclic) bond motifs is 1. The highest BCUT2D eigenvalue weighted by atomic mass is 32.2. The normalized spacial score (nSPS) is 35.5. The monoisotopic (exact) mass is 584 g/mol. The van der Waals surface area contributed by atoms with E-state index in [2.05, 4.69) is 32.3 Å². The van der Waals surface area contributed by atoms with Crippen molar-refractivity contribution in [2.75, 3.05) is 18.9 Å². The predicted molar refractivity (Wildman–Crippen MR) is 154 cm³/mol. The summed E-state index contributed by atoms with van der Waals surface area (Å²) in [6.45, 7) is 16.3. The molecule has 3 aliphatic heterocycles. The second-order valence-electron chi connectivity index (χ2n) is 12.5. The van der Waals surface area contributed by atoms with E-state index in [1.807, 2.05) is 13.8 Å². The number of aliphatic hydroxyl groups excluding tert-OH is 3. The highest BCUT2D eigenvalue weighted by molar-refractivity contribution is 7.99. The van der Waals surface area contributed by atoms with E-state index >= 15 is 0 Å². The van der Waals surface area contributed by atoms with Crippen molar-refractivity contribution >= 4 is 23.8 Å². The number of carboxylic acid groups (broad SMARTS) is 1. The van der Waals surface area contributed by atoms with E-state index in [4.69, 9.17) is 9.47 Å². The predicted octanol–water partition coefficient (Wildman–Crippen LogP) is 2.62. The molecule has 0 saturated carbocycles. The molecule has 0 aromatic heterocycles. The van der Waals surface area contributed by atoms with E-state index in [1.54, 1.807) is 12.2 Å². The molecule has 0 aliphatic carbocycles. The zero-order valence-electron chi connectivity index (χ0n) is 24.1. The number of amides is 2. The van der Waals surface area contributed by atoms with Gasteiger partial charge in [0.2, 0.25) is 5.91 Å². The quantitative estimate of drug-likeness (QED) is 0.231. The lowest BCUT2D eigenvalue weighted by Crippen LogP contribution is -2.67. The van der Waals surface area contributed by atoms with Crippen LogP contribution in [-0.4, -0.2) is 104 Å². The fourth-order valence-electron chi connectivity index (χ4n) is 6.54. The van der Waals surface area contributed by atoms with E-state index in [0.717, 1.165) is 19.3 Å². The fraction of sp³-hybridized carbons (Fsp3) is 0.793. The first kappa shape index (κ1) is 32.9. The number of thioether (sulfide) groups is 1. The SMILES string of the molecule is C=CCS[C@H]1O[C@H](C(NC(=O)[C@@H]2[C@@H]3OCC[C@@H](CC(C)C)C[C@H]3CN2C(=O)O)C(C)(C)CC=C)[C@H](O)[C@H](O)[C@H]1O. The maximum Gasteiger partial charge on any atom is 0.408 e. The molecule has 228 valence electrons. The zero-order chi connectivity index (χ0) is 29.8. The summed E-state index contributed by atoms with van der Waals surface area (Å²) in [5.74, 6) is 0.709. The van der Waals surface area contributed by atoms with E-state index in [0.29, 0.717) is 30.6 Å². The molecule has 3 fully saturated rings. The summed E-state index contributed by atoms with van der Waals surface area (Å²) >= 11 is 1.23. The number of ether oxygens (including phenoxy) is 2. The third-order valence-electron chi connectivity index (χ3n) is 8.46. The fourth-order valence-corrected chi connectivity index (χ4v) is 7.43. The summed E-state index contributed by atoms with van der Waals surface area (Å²) in [5, 5.41) is 45.3. The Kier molecular flexibility index (Phi) is 11.5. The molecular weight excluding hydrogens is 536 g/mol. The Morgan fingerprint density at radius 1 is 1.15 bits per heavy atom. The van der Waals surface area contributed by atoms with Crippen molar-refractivity contribution in [1.29, 1.82) is 0 Å². The van der Waals surface area contributed by atoms with Crippen LogP contribution >= 0.6 is 11.8 Å². The molecule has 2 amide bonds. The molecule has 0 aromatic carbocycles. The first-order valence-corrected chi connectivity index (χ1v) is 15.3. The molecule has 1 unspecified atom stereocenters. The van der Waals surface area contributed by atoms with Crippen LogP contribution in [0.4, 0.5) is 4.79 Å². The van der Waals surface area contributed by atoms with Crippen LogP contribution in [0.15, 0.2) is 25.3 Å². The smallest absolute Gasteiger partial charge is 0.408 e. The number of nitrogens with one attached hydrogen (secondary N) is 1. The number of nitrogens with zero attached hydrogens (tertiary/aromatic N) is 1. The van der Waals surface area contributed by atoms with Crippen LogP contribution in [0.25, 0.3) is 0 Å². The third-order valence-corrected chi connectivity index (χ3v) is 9.60. The number of carbonyl (C=O) groups is 2. The summed E-state index contributed by atoms with van der Waals surface area (Å²) in [6.07, 6.45) is -0.753. The molecule has 3 aliphatic rings. The summed E-state index contributed by atoms with van der Waals surface area (Å²) < 4.78 is 12.3. The van der Waals surface area contributed by atoms with Crippen LogP contribution in [0.2, 0.25) is 0 Å². The molecule has 5 N–H and O–H groups in total. The Balaban J connectivity index is 1.90. The Morgan fingerprint density at radius 3 is 2.45 bits per heavy atom. The van der Waals surface area contributed by atoms with Crippen LogP contribution in [0.1, 0.15) is 53.4 Å². The van der Waals surface area contributed by atoms with Gasteiger partial charge in [0, 0.05) is 24.8 Å². The lowest BCUT2D eigenvalue weighted by Gasteiger charge is -2.48. The lowest BCUT2D eigenvalue weighted by molar-refractivity contribution is -0.212. The molecule has 3 saturated heterocycles. The average molecular weight is 585 g/mol. The first-order chi connectivity index (χ1) is 18.8. The van der Waals surface area contributed by atoms with Crippen molar-refractivity contribution in [2.24, 2.45) is 23.2 Å². The molecular formula is C29H48N2O8S. The van der Waals surface area contributed by atoms with Gasteiger partial charge in [0.15, 0.2) is 0 Å². The summed E-state index contributed by atoms with van der Waals surface area (Å²) in [6, 6.07) is -1.92. The maximum atomic E-state index is 14.0. The van der Waals surface area contributed by atoms with Crippen molar-refractivity contribution in [1.82, 2.24) is 10.2 Å². The Labute approximate surface area is 242 Å². The van der Waals surface area contributed by atoms with Crippen molar-refractivity contribution in [3.63, 3.8) is 0 Å². The van der Waals surface area contributed by atoms with Gasteiger partial charge in [0.1, 0.15) is 35.9 Å². The van der Waals surface area contributed by atoms with Gasteiger partial charge < -0.3 is 35.2 Å². The standard InChI is InChI=1S/C29H48N2O8S/c1-7-10-29(5,6)25(24-21(33)20(32)22(34)27(39-24)40-12-8-2)30-26(35)19-23-18(15-31(19)28(36)37)14-17(9-11-38-23)13-16(3)4/h7-8,16-25,27,32-34H,1-2,9-15H2,3-6H3,(H,30,35)(H,36,37)/t17-,18-,19-,20-,21+,22+,23+,24-,25?,27+/m0/s1. The van der Waals surface area contributed by atoms with Crippen LogP contribution in [0, 0.1) is 23.2 Å². The molecule has 40 heavy (non-hydrogen) atoms. The zero-order valence-corrected chi connectivity index (χ0v) is 25.0. The van der Waals surface area contributed by atoms with Crippen molar-refractivity contribution in [3.05, 3.63) is 25.3 Å². The summed E-state index contributed by atoms with van der Waals surface area (Å²) in [7, 11) is 0. The molecule has 0 radical (unpaired) electrons. The second-order valence-corrected chi connectivity index (χ2v) is 13.7. The highest BCUT2D eigenvalue weighted by Gasteiger charge is 2.54. The number of hydrogen-bond acceptors (Lipinski definition) is 8. The number of carbonyl (C=O) groups excluding carboxylic acids is 1. The number of likely N-dealkylation sites (tertiary alicyclic amines) is 1. The van der Waals surface area contributed by atoms with E-state index in [-0.39, 0.29) is 12.5 Å². The van der Waals surface area contributed by atoms with Gasteiger partial charge in [-0.05, 0) is 42.9 Å². The topological polar surface area (TPSA) is 149 Å². The van der Waals surface area contributed by atoms with Gasteiger partial charge in [-0.1, -0.05) is 39.8 Å². The highest BCUT2D eigenvalue weighted by Crippen LogP contribution is 2.39. The molecule has 3 heterocycles. The largest absolute Gasteiger partial charge is 0.465 e. The van der Waals surface area contributed by atoms with E-state index in [9.17, 15) is 30.0 Å². The van der Waals surface area contributed by atoms with Crippen LogP contribution in [-0.2, 0) is 14.3 Å². The molecule has 0 aromatic rings. The number of hydrogen-bond donors (Lipinski definition) is 5. The van der Waals surface area contributed by atoms with Gasteiger partial charge in [-0.15, -0.1) is 24.9 Å². The summed E-state index contributed by atoms with van der Waals surface area (Å²) in [5.41, 5.74) is -1.58. The average Bonchev–Trinajstić information content (AvgIpc) is 3.12. The minimum absolute atomic E-state index is 0.106. The Hall–Kier alpha value is -1.63. The first-order valence-electron chi connectivity index (χ1n) is 14.3. The second kappa shape index (κ2) is 14.0. The summed E-state index contributed by atoms with van der Waals surface area (Å²) in [4.78, 5) is 27.5. The third kappa shape index (κ3) is 7.41. The number of rotatable bonds is 11. The van der Waals surface area contributed by atoms with Gasteiger partial charge in [-0.3, -0.25) is 9.69 Å². The van der Waals surface area contributed by atoms with Crippen LogP contribution in [0.3, 0.4) is 0 Å². The van der Waals surface area contributed by atoms with Crippen LogP contribution < -0.4 is 5.32 Å². The maximum absolute atomic E-state index is 14.0. The van der Waals surface area contributed by atoms with Gasteiger partial charge in [0.25, 0.3) is 0 Å². The van der Waals surface area contributed by atoms with Crippen LogP contribution in [0.5, 0.6) is 0 Å². The van der Waals surface area contributed by atoms with E-state index in [1.165, 1.54) is 16.7 Å². The number of aliphatic hydroxyl groups is 3. The van der Waals surface area contributed by atoms with Crippen molar-refractivity contribution < 1.29 is 39.5 Å². The number of allylic oxidation sites excluding steroid dienone is 1. The minimum atomic E-state index is -1.51. The van der Waals surface area contributed by atoms with Crippen molar-refractivity contribution in [2.45, 2.75) is 101 Å². The van der Waals surface area contributed by atoms with Gasteiger partial charge in [0.05, 0.1) is 12.1 Å². The molecule has 3 rings (SSSR count). The Morgan fingerprint density at radius 2 is 1.85 bits per heavy atom. The van der Waals surface area contributed by atoms with Gasteiger partial charge in [-0.2, -0.15) is 0 Å². The Bertz CT molecular complexity index is 901. The molecule has 10 atom stereocenters. The molecule has 10 nitrogen and oxygen atoms in total. The lowest BCUT2D eigenvalue weighted by atomic mass is 9.75. The van der Waals surface area contributed by atoms with Crippen molar-refractivity contribution in [3.8, 4) is 0 Å². The van der Waals surface area contributed by atoms with E-state index < -0.39 is 65.5 Å². The van der Waals surface area contributed by atoms with Gasteiger partial charge >= 0.3 is 6.09 Å².